The smallest absolute Gasteiger partial charge is 0.337 e. The van der Waals surface area contributed by atoms with Crippen LogP contribution in [0.25, 0.3) is 22.0 Å². The Bertz CT molecular complexity index is 1320. The molecule has 178 valence electrons. The number of aromatic nitrogens is 1. The molecule has 5 rings (SSSR count). The van der Waals surface area contributed by atoms with Gasteiger partial charge >= 0.3 is 12.0 Å². The fourth-order valence-corrected chi connectivity index (χ4v) is 4.40. The van der Waals surface area contributed by atoms with Crippen LogP contribution in [0.4, 0.5) is 10.5 Å². The van der Waals surface area contributed by atoms with Gasteiger partial charge in [-0.25, -0.2) is 9.59 Å². The third-order valence-corrected chi connectivity index (χ3v) is 6.31. The highest BCUT2D eigenvalue weighted by Gasteiger charge is 2.24. The number of hydrogen-bond acceptors (Lipinski definition) is 4. The third kappa shape index (κ3) is 4.76. The molecule has 1 aliphatic heterocycles. The van der Waals surface area contributed by atoms with Crippen molar-refractivity contribution in [2.24, 2.45) is 0 Å². The number of rotatable bonds is 5. The van der Waals surface area contributed by atoms with E-state index in [4.69, 9.17) is 9.47 Å². The van der Waals surface area contributed by atoms with Gasteiger partial charge in [-0.3, -0.25) is 4.90 Å². The highest BCUT2D eigenvalue weighted by molar-refractivity contribution is 5.96. The van der Waals surface area contributed by atoms with Crippen LogP contribution in [0.15, 0.2) is 79.0 Å². The minimum absolute atomic E-state index is 0.0640. The average molecular weight is 470 g/mol. The van der Waals surface area contributed by atoms with Crippen molar-refractivity contribution < 1.29 is 19.1 Å². The van der Waals surface area contributed by atoms with Gasteiger partial charge in [0.2, 0.25) is 0 Å². The number of esters is 1. The molecule has 1 fully saturated rings. The molecule has 0 bridgehead atoms. The zero-order chi connectivity index (χ0) is 24.2. The quantitative estimate of drug-likeness (QED) is 0.414. The summed E-state index contributed by atoms with van der Waals surface area (Å²) in [5.41, 5.74) is 5.51. The maximum Gasteiger partial charge on any atom is 0.337 e. The molecule has 1 saturated heterocycles. The summed E-state index contributed by atoms with van der Waals surface area (Å²) < 4.78 is 10.2. The summed E-state index contributed by atoms with van der Waals surface area (Å²) in [5.74, 6) is -0.383. The first kappa shape index (κ1) is 22.7. The fourth-order valence-electron chi connectivity index (χ4n) is 4.40. The van der Waals surface area contributed by atoms with Crippen molar-refractivity contribution in [3.63, 3.8) is 0 Å². The number of anilines is 1. The Labute approximate surface area is 203 Å². The van der Waals surface area contributed by atoms with Crippen LogP contribution in [0, 0.1) is 0 Å². The first-order valence-electron chi connectivity index (χ1n) is 11.6. The summed E-state index contributed by atoms with van der Waals surface area (Å²) in [6.45, 7) is 2.57. The topological polar surface area (TPSA) is 74.9 Å². The first-order valence-corrected chi connectivity index (χ1v) is 11.6. The number of urea groups is 1. The van der Waals surface area contributed by atoms with Crippen molar-refractivity contribution in [1.82, 2.24) is 9.88 Å². The Morgan fingerprint density at radius 2 is 1.71 bits per heavy atom. The lowest BCUT2D eigenvalue weighted by atomic mass is 10.0. The molecule has 0 unspecified atom stereocenters. The van der Waals surface area contributed by atoms with Gasteiger partial charge in [-0.1, -0.05) is 36.4 Å². The highest BCUT2D eigenvalue weighted by Crippen LogP contribution is 2.30. The fraction of sp³-hybridized carbons (Fsp3) is 0.214. The van der Waals surface area contributed by atoms with E-state index < -0.39 is 0 Å². The summed E-state index contributed by atoms with van der Waals surface area (Å²) in [6.07, 6.45) is 1.94. The van der Waals surface area contributed by atoms with Crippen molar-refractivity contribution in [3.05, 3.63) is 90.1 Å². The molecular formula is C28H27N3O4. The van der Waals surface area contributed by atoms with Gasteiger partial charge in [0.25, 0.3) is 0 Å². The lowest BCUT2D eigenvalue weighted by molar-refractivity contribution is 0.0548. The van der Waals surface area contributed by atoms with Crippen molar-refractivity contribution >= 4 is 28.6 Å². The highest BCUT2D eigenvalue weighted by atomic mass is 16.5. The molecule has 4 aromatic rings. The van der Waals surface area contributed by atoms with E-state index in [1.165, 1.54) is 7.11 Å². The molecule has 0 atom stereocenters. The van der Waals surface area contributed by atoms with Crippen LogP contribution in [0.1, 0.15) is 15.9 Å². The Morgan fingerprint density at radius 3 is 2.43 bits per heavy atom. The normalized spacial score (nSPS) is 13.6. The molecule has 1 aromatic heterocycles. The SMILES string of the molecule is COC(=O)c1ccc(CN(C(=O)N2CCOCC2)c2ccc(-c3cccc4[nH]ccc34)cc2)cc1. The molecule has 1 aliphatic rings. The van der Waals surface area contributed by atoms with E-state index in [1.807, 2.05) is 41.4 Å². The lowest BCUT2D eigenvalue weighted by Gasteiger charge is -2.33. The number of hydrogen-bond donors (Lipinski definition) is 1. The number of nitrogens with one attached hydrogen (secondary N) is 1. The van der Waals surface area contributed by atoms with Crippen molar-refractivity contribution in [2.45, 2.75) is 6.54 Å². The van der Waals surface area contributed by atoms with Crippen LogP contribution in [0.2, 0.25) is 0 Å². The van der Waals surface area contributed by atoms with Crippen LogP contribution >= 0.6 is 0 Å². The number of carbonyl (C=O) groups excluding carboxylic acids is 2. The van der Waals surface area contributed by atoms with E-state index in [1.54, 1.807) is 17.0 Å². The summed E-state index contributed by atoms with van der Waals surface area (Å²) >= 11 is 0. The van der Waals surface area contributed by atoms with Crippen molar-refractivity contribution in [2.75, 3.05) is 38.3 Å². The van der Waals surface area contributed by atoms with Crippen LogP contribution in [0.5, 0.6) is 0 Å². The Hall–Kier alpha value is -4.10. The van der Waals surface area contributed by atoms with Gasteiger partial charge in [-0.05, 0) is 53.1 Å². The number of ether oxygens (including phenoxy) is 2. The largest absolute Gasteiger partial charge is 0.465 e. The second kappa shape index (κ2) is 10.0. The molecule has 7 nitrogen and oxygen atoms in total. The zero-order valence-corrected chi connectivity index (χ0v) is 19.6. The predicted molar refractivity (Wildman–Crippen MR) is 135 cm³/mol. The van der Waals surface area contributed by atoms with Gasteiger partial charge in [0.05, 0.1) is 32.4 Å². The summed E-state index contributed by atoms with van der Waals surface area (Å²) in [6, 6.07) is 23.4. The second-order valence-electron chi connectivity index (χ2n) is 8.45. The van der Waals surface area contributed by atoms with Crippen LogP contribution < -0.4 is 4.90 Å². The van der Waals surface area contributed by atoms with E-state index in [-0.39, 0.29) is 12.0 Å². The lowest BCUT2D eigenvalue weighted by Crippen LogP contribution is -2.48. The molecule has 1 N–H and O–H groups in total. The molecule has 35 heavy (non-hydrogen) atoms. The Morgan fingerprint density at radius 1 is 0.971 bits per heavy atom. The van der Waals surface area contributed by atoms with Gasteiger partial charge < -0.3 is 19.4 Å². The summed E-state index contributed by atoms with van der Waals surface area (Å²) in [4.78, 5) is 32.2. The molecule has 0 radical (unpaired) electrons. The van der Waals surface area contributed by atoms with E-state index >= 15 is 0 Å². The number of amides is 2. The number of methoxy groups -OCH3 is 1. The van der Waals surface area contributed by atoms with Gasteiger partial charge in [0.15, 0.2) is 0 Å². The average Bonchev–Trinajstić information content (AvgIpc) is 3.41. The van der Waals surface area contributed by atoms with Crippen molar-refractivity contribution in [1.29, 1.82) is 0 Å². The number of morpholine rings is 1. The number of carbonyl (C=O) groups is 2. The number of H-pyrrole nitrogens is 1. The maximum absolute atomic E-state index is 13.5. The van der Waals surface area contributed by atoms with Gasteiger partial charge in [-0.2, -0.15) is 0 Å². The molecule has 0 saturated carbocycles. The molecule has 2 heterocycles. The number of fused-ring (bicyclic) bond motifs is 1. The number of aromatic amines is 1. The molecule has 2 amide bonds. The predicted octanol–water partition coefficient (Wildman–Crippen LogP) is 5.08. The van der Waals surface area contributed by atoms with Crippen molar-refractivity contribution in [3.8, 4) is 11.1 Å². The zero-order valence-electron chi connectivity index (χ0n) is 19.6. The molecule has 7 heteroatoms. The van der Waals surface area contributed by atoms with Crippen LogP contribution in [-0.4, -0.2) is 55.3 Å². The second-order valence-corrected chi connectivity index (χ2v) is 8.45. The van der Waals surface area contributed by atoms with Gasteiger partial charge in [-0.15, -0.1) is 0 Å². The molecule has 0 aliphatic carbocycles. The molecular weight excluding hydrogens is 442 g/mol. The first-order chi connectivity index (χ1) is 17.1. The Kier molecular flexibility index (Phi) is 6.50. The van der Waals surface area contributed by atoms with E-state index in [2.05, 4.69) is 35.3 Å². The van der Waals surface area contributed by atoms with Gasteiger partial charge in [0, 0.05) is 35.9 Å². The van der Waals surface area contributed by atoms with Crippen LogP contribution in [0.3, 0.4) is 0 Å². The number of benzene rings is 3. The maximum atomic E-state index is 13.5. The Balaban J connectivity index is 1.44. The minimum atomic E-state index is -0.383. The minimum Gasteiger partial charge on any atom is -0.465 e. The van der Waals surface area contributed by atoms with E-state index in [9.17, 15) is 9.59 Å². The van der Waals surface area contributed by atoms with Gasteiger partial charge in [0.1, 0.15) is 0 Å². The summed E-state index contributed by atoms with van der Waals surface area (Å²) in [7, 11) is 1.36. The third-order valence-electron chi connectivity index (χ3n) is 6.31. The monoisotopic (exact) mass is 469 g/mol. The van der Waals surface area contributed by atoms with E-state index in [0.717, 1.165) is 33.3 Å². The summed E-state index contributed by atoms with van der Waals surface area (Å²) in [5, 5.41) is 1.16. The van der Waals surface area contributed by atoms with Crippen LogP contribution in [-0.2, 0) is 16.0 Å². The molecule has 3 aromatic carbocycles. The van der Waals surface area contributed by atoms with E-state index in [0.29, 0.717) is 38.4 Å². The number of nitrogens with zero attached hydrogens (tertiary/aromatic N) is 2. The molecule has 0 spiro atoms. The standard InChI is InChI=1S/C28H27N3O4/c1-34-27(32)22-7-5-20(6-8-22)19-31(28(33)30-15-17-35-18-16-30)23-11-9-21(10-12-23)24-3-2-4-26-25(24)13-14-29-26/h2-14,29H,15-19H2,1H3.